The van der Waals surface area contributed by atoms with Crippen molar-refractivity contribution in [1.29, 1.82) is 0 Å². The number of aliphatic hydroxyl groups excluding tert-OH is 1. The lowest BCUT2D eigenvalue weighted by Crippen LogP contribution is -2.33. The highest BCUT2D eigenvalue weighted by Crippen LogP contribution is 2.30. The third kappa shape index (κ3) is 4.61. The second-order valence-electron chi connectivity index (χ2n) is 5.13. The van der Waals surface area contributed by atoms with Crippen LogP contribution in [0.2, 0.25) is 0 Å². The molecule has 0 aromatic carbocycles. The molecule has 0 aliphatic rings. The van der Waals surface area contributed by atoms with Crippen LogP contribution in [0, 0.1) is 11.3 Å². The van der Waals surface area contributed by atoms with Crippen molar-refractivity contribution in [2.24, 2.45) is 11.3 Å². The van der Waals surface area contributed by atoms with Crippen molar-refractivity contribution >= 4 is 0 Å². The lowest BCUT2D eigenvalue weighted by Gasteiger charge is -2.32. The quantitative estimate of drug-likeness (QED) is 0.667. The number of hydrogen-bond acceptors (Lipinski definition) is 1. The number of hydrogen-bond donors (Lipinski definition) is 1. The van der Waals surface area contributed by atoms with Gasteiger partial charge in [0, 0.05) is 0 Å². The standard InChI is InChI=1S/C13H24O/c1-10(2)8-7-9-13(5,6)12(14)11(3)4/h7-8,11-12,14H,1,9H2,2-6H3. The molecule has 1 atom stereocenters. The van der Waals surface area contributed by atoms with Crippen molar-refractivity contribution in [3.05, 3.63) is 24.3 Å². The zero-order valence-electron chi connectivity index (χ0n) is 10.2. The third-order valence-electron chi connectivity index (χ3n) is 2.48. The van der Waals surface area contributed by atoms with Gasteiger partial charge in [-0.3, -0.25) is 0 Å². The maximum Gasteiger partial charge on any atom is 0.0616 e. The molecule has 82 valence electrons. The molecule has 0 rings (SSSR count). The summed E-state index contributed by atoms with van der Waals surface area (Å²) in [6.07, 6.45) is 4.74. The Morgan fingerprint density at radius 3 is 2.29 bits per heavy atom. The third-order valence-corrected chi connectivity index (χ3v) is 2.48. The topological polar surface area (TPSA) is 20.2 Å². The smallest absolute Gasteiger partial charge is 0.0616 e. The largest absolute Gasteiger partial charge is 0.392 e. The minimum Gasteiger partial charge on any atom is -0.392 e. The Morgan fingerprint density at radius 1 is 1.43 bits per heavy atom. The van der Waals surface area contributed by atoms with Crippen LogP contribution in [0.15, 0.2) is 24.3 Å². The van der Waals surface area contributed by atoms with E-state index in [1.54, 1.807) is 0 Å². The second-order valence-corrected chi connectivity index (χ2v) is 5.13. The fourth-order valence-corrected chi connectivity index (χ4v) is 1.59. The minimum atomic E-state index is -0.253. The predicted octanol–water partition coefficient (Wildman–Crippen LogP) is 3.55. The Bertz CT molecular complexity index is 211. The maximum absolute atomic E-state index is 9.96. The van der Waals surface area contributed by atoms with E-state index in [9.17, 15) is 5.11 Å². The van der Waals surface area contributed by atoms with Crippen molar-refractivity contribution in [2.45, 2.75) is 47.1 Å². The number of allylic oxidation sites excluding steroid dienone is 3. The summed E-state index contributed by atoms with van der Waals surface area (Å²) >= 11 is 0. The molecule has 1 heteroatoms. The van der Waals surface area contributed by atoms with Crippen LogP contribution >= 0.6 is 0 Å². The van der Waals surface area contributed by atoms with Gasteiger partial charge < -0.3 is 5.11 Å². The molecule has 0 spiro atoms. The molecule has 1 nitrogen and oxygen atoms in total. The zero-order valence-corrected chi connectivity index (χ0v) is 10.2. The Balaban J connectivity index is 4.26. The Kier molecular flexibility index (Phi) is 5.14. The molecule has 0 fully saturated rings. The number of rotatable bonds is 5. The van der Waals surface area contributed by atoms with E-state index in [4.69, 9.17) is 0 Å². The first-order valence-corrected chi connectivity index (χ1v) is 5.27. The van der Waals surface area contributed by atoms with E-state index in [-0.39, 0.29) is 11.5 Å². The summed E-state index contributed by atoms with van der Waals surface area (Å²) < 4.78 is 0. The molecule has 0 amide bonds. The van der Waals surface area contributed by atoms with Crippen molar-refractivity contribution in [3.8, 4) is 0 Å². The summed E-state index contributed by atoms with van der Waals surface area (Å²) in [5, 5.41) is 9.96. The first kappa shape index (κ1) is 13.4. The molecule has 0 saturated carbocycles. The van der Waals surface area contributed by atoms with Crippen molar-refractivity contribution < 1.29 is 5.11 Å². The van der Waals surface area contributed by atoms with Gasteiger partial charge in [0.15, 0.2) is 0 Å². The Hall–Kier alpha value is -0.560. The van der Waals surface area contributed by atoms with E-state index < -0.39 is 0 Å². The van der Waals surface area contributed by atoms with Crippen LogP contribution in [0.1, 0.15) is 41.0 Å². The highest BCUT2D eigenvalue weighted by Gasteiger charge is 2.28. The van der Waals surface area contributed by atoms with E-state index in [2.05, 4.69) is 40.3 Å². The molecular weight excluding hydrogens is 172 g/mol. The molecule has 1 unspecified atom stereocenters. The molecule has 0 saturated heterocycles. The van der Waals surface area contributed by atoms with Gasteiger partial charge in [0.1, 0.15) is 0 Å². The summed E-state index contributed by atoms with van der Waals surface area (Å²) in [6, 6.07) is 0. The molecule has 0 radical (unpaired) electrons. The van der Waals surface area contributed by atoms with Crippen LogP contribution in [0.4, 0.5) is 0 Å². The van der Waals surface area contributed by atoms with Gasteiger partial charge in [-0.05, 0) is 24.7 Å². The van der Waals surface area contributed by atoms with Gasteiger partial charge in [-0.1, -0.05) is 52.0 Å². The van der Waals surface area contributed by atoms with Crippen LogP contribution in [0.5, 0.6) is 0 Å². The fourth-order valence-electron chi connectivity index (χ4n) is 1.59. The average molecular weight is 196 g/mol. The van der Waals surface area contributed by atoms with E-state index in [0.717, 1.165) is 12.0 Å². The molecule has 0 aliphatic carbocycles. The van der Waals surface area contributed by atoms with Gasteiger partial charge in [0.25, 0.3) is 0 Å². The van der Waals surface area contributed by atoms with Gasteiger partial charge in [-0.15, -0.1) is 0 Å². The van der Waals surface area contributed by atoms with Crippen LogP contribution < -0.4 is 0 Å². The zero-order chi connectivity index (χ0) is 11.4. The molecule has 0 bridgehead atoms. The van der Waals surface area contributed by atoms with E-state index >= 15 is 0 Å². The van der Waals surface area contributed by atoms with Crippen LogP contribution in [0.25, 0.3) is 0 Å². The summed E-state index contributed by atoms with van der Waals surface area (Å²) in [4.78, 5) is 0. The summed E-state index contributed by atoms with van der Waals surface area (Å²) in [7, 11) is 0. The van der Waals surface area contributed by atoms with Gasteiger partial charge in [-0.25, -0.2) is 0 Å². The highest BCUT2D eigenvalue weighted by molar-refractivity contribution is 5.11. The Labute approximate surface area is 88.5 Å². The fraction of sp³-hybridized carbons (Fsp3) is 0.692. The van der Waals surface area contributed by atoms with Crippen molar-refractivity contribution in [3.63, 3.8) is 0 Å². The van der Waals surface area contributed by atoms with Gasteiger partial charge in [-0.2, -0.15) is 0 Å². The normalized spacial score (nSPS) is 15.1. The molecule has 0 aromatic rings. The molecule has 0 aromatic heterocycles. The SMILES string of the molecule is C=C(C)C=CCC(C)(C)C(O)C(C)C. The van der Waals surface area contributed by atoms with Crippen LogP contribution in [-0.2, 0) is 0 Å². The highest BCUT2D eigenvalue weighted by atomic mass is 16.3. The lowest BCUT2D eigenvalue weighted by atomic mass is 9.78. The summed E-state index contributed by atoms with van der Waals surface area (Å²) in [6.45, 7) is 14.1. The monoisotopic (exact) mass is 196 g/mol. The lowest BCUT2D eigenvalue weighted by molar-refractivity contribution is 0.0150. The molecular formula is C13H24O. The molecule has 0 heterocycles. The average Bonchev–Trinajstić information content (AvgIpc) is 2.01. The second kappa shape index (κ2) is 5.35. The van der Waals surface area contributed by atoms with E-state index in [0.29, 0.717) is 5.92 Å². The maximum atomic E-state index is 9.96. The minimum absolute atomic E-state index is 0.0554. The summed E-state index contributed by atoms with van der Waals surface area (Å²) in [5.74, 6) is 0.309. The van der Waals surface area contributed by atoms with Gasteiger partial charge >= 0.3 is 0 Å². The van der Waals surface area contributed by atoms with Crippen LogP contribution in [0.3, 0.4) is 0 Å². The first-order valence-electron chi connectivity index (χ1n) is 5.27. The van der Waals surface area contributed by atoms with E-state index in [1.807, 2.05) is 13.0 Å². The molecule has 14 heavy (non-hydrogen) atoms. The molecule has 0 aliphatic heterocycles. The first-order chi connectivity index (χ1) is 6.27. The van der Waals surface area contributed by atoms with Gasteiger partial charge in [0.2, 0.25) is 0 Å². The van der Waals surface area contributed by atoms with Gasteiger partial charge in [0.05, 0.1) is 6.10 Å². The number of aliphatic hydroxyl groups is 1. The van der Waals surface area contributed by atoms with E-state index in [1.165, 1.54) is 0 Å². The van der Waals surface area contributed by atoms with Crippen molar-refractivity contribution in [1.82, 2.24) is 0 Å². The van der Waals surface area contributed by atoms with Crippen molar-refractivity contribution in [2.75, 3.05) is 0 Å². The predicted molar refractivity (Wildman–Crippen MR) is 63.2 cm³/mol. The molecule has 1 N–H and O–H groups in total. The van der Waals surface area contributed by atoms with Crippen LogP contribution in [-0.4, -0.2) is 11.2 Å². The Morgan fingerprint density at radius 2 is 1.93 bits per heavy atom. The summed E-state index contributed by atoms with van der Waals surface area (Å²) in [5.41, 5.74) is 1.000.